The largest absolute Gasteiger partial charge is 2.00 e. The van der Waals surface area contributed by atoms with E-state index in [1.165, 1.54) is 6.92 Å². The summed E-state index contributed by atoms with van der Waals surface area (Å²) in [5.41, 5.74) is 0.744. The molecule has 0 aliphatic rings. The molecule has 0 spiro atoms. The second-order valence-electron chi connectivity index (χ2n) is 4.50. The molecule has 0 unspecified atom stereocenters. The van der Waals surface area contributed by atoms with Crippen molar-refractivity contribution in [2.75, 3.05) is 0 Å². The molecule has 0 saturated heterocycles. The van der Waals surface area contributed by atoms with Crippen LogP contribution in [-0.2, 0) is 4.79 Å². The molecule has 0 N–H and O–H groups in total. The average Bonchev–Trinajstić information content (AvgIpc) is 2.48. The number of Topliss-reactive ketones (excluding diaryl/α,β-unsaturated/α-hetero) is 3. The predicted molar refractivity (Wildman–Crippen MR) is 83.7 cm³/mol. The monoisotopic (exact) mass is 292 g/mol. The van der Waals surface area contributed by atoms with Gasteiger partial charge in [0.05, 0.1) is 0 Å². The number of hydrogen-bond acceptors (Lipinski definition) is 3. The van der Waals surface area contributed by atoms with E-state index in [-0.39, 0.29) is 25.9 Å². The Kier molecular flexibility index (Phi) is 6.46. The van der Waals surface area contributed by atoms with Crippen LogP contribution in [-0.4, -0.2) is 40.4 Å². The van der Waals surface area contributed by atoms with Crippen molar-refractivity contribution in [2.45, 2.75) is 6.92 Å². The van der Waals surface area contributed by atoms with Gasteiger partial charge in [0.2, 0.25) is 0 Å². The van der Waals surface area contributed by atoms with E-state index in [2.05, 4.69) is 0 Å². The van der Waals surface area contributed by atoms with Gasteiger partial charge in [0.25, 0.3) is 0 Å². The Hall–Kier alpha value is -1.78. The number of hydrogen-bond donors (Lipinski definition) is 0. The minimum absolute atomic E-state index is 0. The maximum Gasteiger partial charge on any atom is 2.00 e. The van der Waals surface area contributed by atoms with Gasteiger partial charge in [0, 0.05) is 11.1 Å². The second-order valence-corrected chi connectivity index (χ2v) is 4.50. The summed E-state index contributed by atoms with van der Waals surface area (Å²) in [5, 5.41) is 0. The van der Waals surface area contributed by atoms with Crippen LogP contribution >= 0.6 is 0 Å². The fraction of sp³-hybridized carbons (Fsp3) is 0.118. The van der Waals surface area contributed by atoms with Gasteiger partial charge in [0.1, 0.15) is 11.7 Å². The molecule has 0 bridgehead atoms. The summed E-state index contributed by atoms with van der Waals surface area (Å²) in [6.45, 7) is 1.27. The van der Waals surface area contributed by atoms with Gasteiger partial charge >= 0.3 is 23.1 Å². The Bertz CT molecular complexity index is 594. The third-order valence-electron chi connectivity index (χ3n) is 3.05. The van der Waals surface area contributed by atoms with Crippen LogP contribution in [0.2, 0.25) is 0 Å². The number of carbonyl (C=O) groups is 3. The van der Waals surface area contributed by atoms with Gasteiger partial charge in [0.15, 0.2) is 11.6 Å². The molecule has 0 fully saturated rings. The zero-order valence-corrected chi connectivity index (χ0v) is 13.2. The van der Waals surface area contributed by atoms with Crippen LogP contribution in [0.4, 0.5) is 0 Å². The zero-order chi connectivity index (χ0) is 14.5. The first kappa shape index (κ1) is 17.3. The molecule has 2 aromatic carbocycles. The van der Waals surface area contributed by atoms with Crippen molar-refractivity contribution in [3.05, 3.63) is 71.8 Å². The summed E-state index contributed by atoms with van der Waals surface area (Å²) in [6, 6.07) is 16.8. The number of benzene rings is 2. The summed E-state index contributed by atoms with van der Waals surface area (Å²) in [7, 11) is 0. The van der Waals surface area contributed by atoms with Crippen LogP contribution in [0.3, 0.4) is 0 Å². The first-order valence-electron chi connectivity index (χ1n) is 6.30. The van der Waals surface area contributed by atoms with Crippen LogP contribution in [0.25, 0.3) is 0 Å². The van der Waals surface area contributed by atoms with Gasteiger partial charge in [-0.1, -0.05) is 60.7 Å². The quantitative estimate of drug-likeness (QED) is 0.484. The Morgan fingerprint density at radius 3 is 1.38 bits per heavy atom. The summed E-state index contributed by atoms with van der Waals surface area (Å²) in [6.07, 6.45) is 0. The molecule has 0 heterocycles. The minimum atomic E-state index is -1.26. The predicted octanol–water partition coefficient (Wildman–Crippen LogP) is 2.80. The minimum Gasteiger partial charge on any atom is -1.00 e. The van der Waals surface area contributed by atoms with Crippen LogP contribution in [0.15, 0.2) is 60.7 Å². The van der Waals surface area contributed by atoms with Gasteiger partial charge in [-0.15, -0.1) is 0 Å². The van der Waals surface area contributed by atoms with Crippen molar-refractivity contribution in [1.29, 1.82) is 0 Å². The number of rotatable bonds is 5. The van der Waals surface area contributed by atoms with E-state index in [1.54, 1.807) is 60.7 Å². The van der Waals surface area contributed by atoms with E-state index in [0.29, 0.717) is 11.1 Å². The van der Waals surface area contributed by atoms with E-state index in [9.17, 15) is 14.4 Å². The molecule has 3 nitrogen and oxygen atoms in total. The third-order valence-corrected chi connectivity index (χ3v) is 3.05. The molecule has 0 radical (unpaired) electrons. The van der Waals surface area contributed by atoms with Crippen LogP contribution in [0.1, 0.15) is 30.5 Å². The van der Waals surface area contributed by atoms with Crippen molar-refractivity contribution < 1.29 is 17.2 Å². The average molecular weight is 293 g/mol. The number of ketones is 3. The fourth-order valence-electron chi connectivity index (χ4n) is 2.03. The number of carbonyl (C=O) groups excluding carboxylic acids is 3. The molecule has 0 saturated carbocycles. The third kappa shape index (κ3) is 4.09. The molecule has 0 aliphatic carbocycles. The standard InChI is InChI=1S/C17H14O3.Mg.2H/c1-12(18)15(16(19)13-8-4-2-5-9-13)17(20)14-10-6-3-7-11-14;;;/h2-11,15H,1H3;;;/q;+2;2*-1. The van der Waals surface area contributed by atoms with E-state index >= 15 is 0 Å². The van der Waals surface area contributed by atoms with E-state index in [1.807, 2.05) is 0 Å². The van der Waals surface area contributed by atoms with Gasteiger partial charge in [-0.2, -0.15) is 0 Å². The Labute approximate surface area is 142 Å². The van der Waals surface area contributed by atoms with Gasteiger partial charge in [-0.3, -0.25) is 14.4 Å². The molecular weight excluding hydrogens is 276 g/mol. The van der Waals surface area contributed by atoms with E-state index in [0.717, 1.165) is 0 Å². The molecule has 2 aromatic rings. The molecule has 0 aromatic heterocycles. The second kappa shape index (κ2) is 7.86. The smallest absolute Gasteiger partial charge is 1.00 e. The molecule has 4 heteroatoms. The van der Waals surface area contributed by atoms with Gasteiger partial charge in [-0.25, -0.2) is 0 Å². The Morgan fingerprint density at radius 1 is 0.762 bits per heavy atom. The fourth-order valence-corrected chi connectivity index (χ4v) is 2.03. The van der Waals surface area contributed by atoms with Crippen molar-refractivity contribution in [3.63, 3.8) is 0 Å². The molecule has 0 aliphatic heterocycles. The molecule has 0 atom stereocenters. The van der Waals surface area contributed by atoms with Crippen LogP contribution in [0.5, 0.6) is 0 Å². The van der Waals surface area contributed by atoms with Gasteiger partial charge < -0.3 is 2.85 Å². The first-order valence-corrected chi connectivity index (χ1v) is 6.30. The van der Waals surface area contributed by atoms with Crippen molar-refractivity contribution in [3.8, 4) is 0 Å². The van der Waals surface area contributed by atoms with E-state index in [4.69, 9.17) is 0 Å². The molecular formula is C17H16MgO3. The van der Waals surface area contributed by atoms with E-state index < -0.39 is 23.3 Å². The summed E-state index contributed by atoms with van der Waals surface area (Å²) in [5.74, 6) is -2.61. The first-order chi connectivity index (χ1) is 9.61. The SMILES string of the molecule is CC(=O)C(C(=O)c1ccccc1)C(=O)c1ccccc1.[H-].[H-].[Mg+2]. The summed E-state index contributed by atoms with van der Waals surface area (Å²) < 4.78 is 0. The van der Waals surface area contributed by atoms with Gasteiger partial charge in [-0.05, 0) is 6.92 Å². The maximum atomic E-state index is 12.4. The zero-order valence-electron chi connectivity index (χ0n) is 13.8. The molecule has 2 rings (SSSR count). The Balaban J connectivity index is 0. The molecule has 0 amide bonds. The normalized spacial score (nSPS) is 9.81. The van der Waals surface area contributed by atoms with Crippen LogP contribution < -0.4 is 0 Å². The Morgan fingerprint density at radius 2 is 1.10 bits per heavy atom. The molecule has 21 heavy (non-hydrogen) atoms. The summed E-state index contributed by atoms with van der Waals surface area (Å²) >= 11 is 0. The van der Waals surface area contributed by atoms with Crippen molar-refractivity contribution in [2.24, 2.45) is 5.92 Å². The summed E-state index contributed by atoms with van der Waals surface area (Å²) in [4.78, 5) is 36.5. The topological polar surface area (TPSA) is 51.2 Å². The van der Waals surface area contributed by atoms with Crippen LogP contribution in [0, 0.1) is 5.92 Å². The van der Waals surface area contributed by atoms with Crippen molar-refractivity contribution in [1.82, 2.24) is 0 Å². The van der Waals surface area contributed by atoms with Crippen molar-refractivity contribution >= 4 is 40.4 Å². The maximum absolute atomic E-state index is 12.4. The molecule has 104 valence electrons.